The quantitative estimate of drug-likeness (QED) is 0.861. The minimum atomic E-state index is 0.390. The summed E-state index contributed by atoms with van der Waals surface area (Å²) in [6, 6.07) is 2.17. The standard InChI is InChI=1S/C15H21N5/c1-4-20-10-14(17-18-20)12-7-13(9-16-8-12)19-6-5-15(2,3)11-19/h7-10H,4-6,11H2,1-3H3. The van der Waals surface area contributed by atoms with E-state index < -0.39 is 0 Å². The van der Waals surface area contributed by atoms with Gasteiger partial charge in [-0.2, -0.15) is 0 Å². The molecule has 2 aromatic rings. The first kappa shape index (κ1) is 13.1. The molecule has 0 spiro atoms. The molecule has 3 rings (SSSR count). The van der Waals surface area contributed by atoms with E-state index in [1.807, 2.05) is 23.3 Å². The average molecular weight is 271 g/mol. The van der Waals surface area contributed by atoms with Crippen molar-refractivity contribution in [1.82, 2.24) is 20.0 Å². The van der Waals surface area contributed by atoms with E-state index in [9.17, 15) is 0 Å². The maximum absolute atomic E-state index is 4.37. The normalized spacial score (nSPS) is 17.6. The zero-order valence-corrected chi connectivity index (χ0v) is 12.4. The highest BCUT2D eigenvalue weighted by Crippen LogP contribution is 2.33. The van der Waals surface area contributed by atoms with Gasteiger partial charge in [0.2, 0.25) is 0 Å². The molecule has 0 bridgehead atoms. The summed E-state index contributed by atoms with van der Waals surface area (Å²) in [6.45, 7) is 9.70. The van der Waals surface area contributed by atoms with Crippen LogP contribution in [0.1, 0.15) is 27.2 Å². The Balaban J connectivity index is 1.86. The van der Waals surface area contributed by atoms with Crippen molar-refractivity contribution in [1.29, 1.82) is 0 Å². The van der Waals surface area contributed by atoms with Crippen LogP contribution in [0.2, 0.25) is 0 Å². The summed E-state index contributed by atoms with van der Waals surface area (Å²) in [6.07, 6.45) is 6.99. The fourth-order valence-electron chi connectivity index (χ4n) is 2.66. The molecule has 20 heavy (non-hydrogen) atoms. The van der Waals surface area contributed by atoms with Gasteiger partial charge in [0, 0.05) is 31.4 Å². The molecular formula is C15H21N5. The van der Waals surface area contributed by atoms with Crippen LogP contribution in [0, 0.1) is 5.41 Å². The lowest BCUT2D eigenvalue weighted by atomic mass is 9.93. The van der Waals surface area contributed by atoms with Crippen LogP contribution >= 0.6 is 0 Å². The van der Waals surface area contributed by atoms with Gasteiger partial charge in [-0.1, -0.05) is 19.1 Å². The maximum Gasteiger partial charge on any atom is 0.114 e. The van der Waals surface area contributed by atoms with Crippen LogP contribution in [0.4, 0.5) is 5.69 Å². The topological polar surface area (TPSA) is 46.8 Å². The van der Waals surface area contributed by atoms with Crippen molar-refractivity contribution in [3.05, 3.63) is 24.7 Å². The molecule has 1 aliphatic rings. The Bertz CT molecular complexity index is 602. The monoisotopic (exact) mass is 271 g/mol. The molecule has 0 saturated carbocycles. The molecule has 0 aromatic carbocycles. The summed E-state index contributed by atoms with van der Waals surface area (Å²) < 4.78 is 1.83. The van der Waals surface area contributed by atoms with Gasteiger partial charge in [-0.3, -0.25) is 9.67 Å². The summed E-state index contributed by atoms with van der Waals surface area (Å²) in [5, 5.41) is 8.29. The lowest BCUT2D eigenvalue weighted by Gasteiger charge is -2.21. The molecule has 5 heteroatoms. The largest absolute Gasteiger partial charge is 0.370 e. The Kier molecular flexibility index (Phi) is 3.20. The summed E-state index contributed by atoms with van der Waals surface area (Å²) in [5.74, 6) is 0. The van der Waals surface area contributed by atoms with Gasteiger partial charge in [0.05, 0.1) is 18.1 Å². The highest BCUT2D eigenvalue weighted by atomic mass is 15.4. The van der Waals surface area contributed by atoms with Gasteiger partial charge >= 0.3 is 0 Å². The Morgan fingerprint density at radius 1 is 1.30 bits per heavy atom. The van der Waals surface area contributed by atoms with Crippen LogP contribution in [-0.4, -0.2) is 33.1 Å². The molecule has 2 aromatic heterocycles. The fraction of sp³-hybridized carbons (Fsp3) is 0.533. The zero-order chi connectivity index (χ0) is 14.2. The molecule has 1 aliphatic heterocycles. The highest BCUT2D eigenvalue weighted by Gasteiger charge is 2.29. The molecule has 0 atom stereocenters. The smallest absolute Gasteiger partial charge is 0.114 e. The van der Waals surface area contributed by atoms with E-state index in [1.54, 1.807) is 0 Å². The number of hydrogen-bond acceptors (Lipinski definition) is 4. The SMILES string of the molecule is CCn1cc(-c2cncc(N3CCC(C)(C)C3)c2)nn1. The predicted molar refractivity (Wildman–Crippen MR) is 79.5 cm³/mol. The number of rotatable bonds is 3. The first-order valence-corrected chi connectivity index (χ1v) is 7.18. The van der Waals surface area contributed by atoms with Crippen molar-refractivity contribution in [2.75, 3.05) is 18.0 Å². The van der Waals surface area contributed by atoms with E-state index in [4.69, 9.17) is 0 Å². The van der Waals surface area contributed by atoms with Crippen LogP contribution in [0.5, 0.6) is 0 Å². The van der Waals surface area contributed by atoms with E-state index in [1.165, 1.54) is 12.1 Å². The average Bonchev–Trinajstić information content (AvgIpc) is 3.05. The van der Waals surface area contributed by atoms with Crippen molar-refractivity contribution in [2.24, 2.45) is 5.41 Å². The molecule has 5 nitrogen and oxygen atoms in total. The second-order valence-electron chi connectivity index (χ2n) is 6.23. The van der Waals surface area contributed by atoms with Gasteiger partial charge in [0.15, 0.2) is 0 Å². The van der Waals surface area contributed by atoms with Crippen LogP contribution < -0.4 is 4.90 Å². The van der Waals surface area contributed by atoms with E-state index in [0.717, 1.165) is 30.9 Å². The van der Waals surface area contributed by atoms with Gasteiger partial charge in [-0.05, 0) is 24.8 Å². The number of aryl methyl sites for hydroxylation is 1. The lowest BCUT2D eigenvalue weighted by Crippen LogP contribution is -2.22. The predicted octanol–water partition coefficient (Wildman–Crippen LogP) is 2.60. The minimum Gasteiger partial charge on any atom is -0.370 e. The highest BCUT2D eigenvalue weighted by molar-refractivity contribution is 5.63. The molecule has 0 N–H and O–H groups in total. The molecule has 0 aliphatic carbocycles. The summed E-state index contributed by atoms with van der Waals surface area (Å²) in [4.78, 5) is 6.77. The van der Waals surface area contributed by atoms with Gasteiger partial charge in [0.25, 0.3) is 0 Å². The third-order valence-electron chi connectivity index (χ3n) is 3.92. The molecule has 1 fully saturated rings. The fourth-order valence-corrected chi connectivity index (χ4v) is 2.66. The van der Waals surface area contributed by atoms with Crippen LogP contribution in [0.3, 0.4) is 0 Å². The van der Waals surface area contributed by atoms with E-state index in [2.05, 4.69) is 47.0 Å². The molecule has 106 valence electrons. The molecule has 0 amide bonds. The summed E-state index contributed by atoms with van der Waals surface area (Å²) in [5.41, 5.74) is 3.49. The van der Waals surface area contributed by atoms with Crippen LogP contribution in [-0.2, 0) is 6.54 Å². The third-order valence-corrected chi connectivity index (χ3v) is 3.92. The number of hydrogen-bond donors (Lipinski definition) is 0. The summed E-state index contributed by atoms with van der Waals surface area (Å²) >= 11 is 0. The number of nitrogens with zero attached hydrogens (tertiary/aromatic N) is 5. The summed E-state index contributed by atoms with van der Waals surface area (Å²) in [7, 11) is 0. The van der Waals surface area contributed by atoms with Gasteiger partial charge in [-0.25, -0.2) is 0 Å². The minimum absolute atomic E-state index is 0.390. The second-order valence-corrected chi connectivity index (χ2v) is 6.23. The van der Waals surface area contributed by atoms with Gasteiger partial charge in [0.1, 0.15) is 5.69 Å². The third kappa shape index (κ3) is 2.53. The number of aromatic nitrogens is 4. The van der Waals surface area contributed by atoms with Crippen LogP contribution in [0.25, 0.3) is 11.3 Å². The van der Waals surface area contributed by atoms with Crippen molar-refractivity contribution in [2.45, 2.75) is 33.7 Å². The van der Waals surface area contributed by atoms with E-state index in [0.29, 0.717) is 5.41 Å². The van der Waals surface area contributed by atoms with Crippen molar-refractivity contribution < 1.29 is 0 Å². The van der Waals surface area contributed by atoms with E-state index in [-0.39, 0.29) is 0 Å². The second kappa shape index (κ2) is 4.89. The Morgan fingerprint density at radius 2 is 2.15 bits per heavy atom. The van der Waals surface area contributed by atoms with Crippen LogP contribution in [0.15, 0.2) is 24.7 Å². The Labute approximate surface area is 119 Å². The van der Waals surface area contributed by atoms with Gasteiger partial charge in [-0.15, -0.1) is 5.10 Å². The van der Waals surface area contributed by atoms with Crippen molar-refractivity contribution in [3.63, 3.8) is 0 Å². The molecule has 0 radical (unpaired) electrons. The number of pyridine rings is 1. The Morgan fingerprint density at radius 3 is 2.80 bits per heavy atom. The number of anilines is 1. The molecular weight excluding hydrogens is 250 g/mol. The van der Waals surface area contributed by atoms with E-state index >= 15 is 0 Å². The lowest BCUT2D eigenvalue weighted by molar-refractivity contribution is 0.418. The molecule has 1 saturated heterocycles. The first-order chi connectivity index (χ1) is 9.57. The molecule has 3 heterocycles. The maximum atomic E-state index is 4.37. The zero-order valence-electron chi connectivity index (χ0n) is 12.4. The van der Waals surface area contributed by atoms with Crippen molar-refractivity contribution >= 4 is 5.69 Å². The van der Waals surface area contributed by atoms with Crippen molar-refractivity contribution in [3.8, 4) is 11.3 Å². The van der Waals surface area contributed by atoms with Gasteiger partial charge < -0.3 is 4.90 Å². The molecule has 0 unspecified atom stereocenters. The first-order valence-electron chi connectivity index (χ1n) is 7.18. The Hall–Kier alpha value is -1.91.